The number of anilines is 1. The molecule has 1 aliphatic heterocycles. The Labute approximate surface area is 182 Å². The lowest BCUT2D eigenvalue weighted by molar-refractivity contribution is -0.117. The van der Waals surface area contributed by atoms with Gasteiger partial charge < -0.3 is 15.0 Å². The SMILES string of the molecule is CCc1ccccc1NC(=O)C[C@H](c1ccc(OC)cc1)N1Cc2ccccc2C1=O. The molecule has 0 bridgehead atoms. The Bertz CT molecular complexity index is 1090. The Morgan fingerprint density at radius 3 is 2.45 bits per heavy atom. The minimum atomic E-state index is -0.375. The van der Waals surface area contributed by atoms with Crippen LogP contribution in [0.3, 0.4) is 0 Å². The van der Waals surface area contributed by atoms with Crippen molar-refractivity contribution in [2.75, 3.05) is 12.4 Å². The largest absolute Gasteiger partial charge is 0.497 e. The third kappa shape index (κ3) is 4.31. The Hall–Kier alpha value is -3.60. The molecule has 2 amide bonds. The molecule has 3 aromatic rings. The van der Waals surface area contributed by atoms with Gasteiger partial charge in [0, 0.05) is 17.8 Å². The summed E-state index contributed by atoms with van der Waals surface area (Å²) in [6, 6.07) is 22.6. The van der Waals surface area contributed by atoms with Crippen molar-refractivity contribution in [2.45, 2.75) is 32.4 Å². The van der Waals surface area contributed by atoms with Crippen LogP contribution in [-0.4, -0.2) is 23.8 Å². The van der Waals surface area contributed by atoms with E-state index in [2.05, 4.69) is 12.2 Å². The topological polar surface area (TPSA) is 58.6 Å². The number of para-hydroxylation sites is 1. The number of hydrogen-bond acceptors (Lipinski definition) is 3. The van der Waals surface area contributed by atoms with Crippen LogP contribution in [0.25, 0.3) is 0 Å². The van der Waals surface area contributed by atoms with E-state index in [0.29, 0.717) is 12.1 Å². The van der Waals surface area contributed by atoms with Gasteiger partial charge >= 0.3 is 0 Å². The summed E-state index contributed by atoms with van der Waals surface area (Å²) < 4.78 is 5.27. The highest BCUT2D eigenvalue weighted by molar-refractivity contribution is 5.99. The number of nitrogens with one attached hydrogen (secondary N) is 1. The molecule has 0 aliphatic carbocycles. The van der Waals surface area contributed by atoms with Gasteiger partial charge in [0.15, 0.2) is 0 Å². The number of carbonyl (C=O) groups is 2. The van der Waals surface area contributed by atoms with Crippen LogP contribution in [0.5, 0.6) is 5.75 Å². The molecule has 0 spiro atoms. The van der Waals surface area contributed by atoms with E-state index >= 15 is 0 Å². The minimum absolute atomic E-state index is 0.0434. The van der Waals surface area contributed by atoms with E-state index in [1.54, 1.807) is 12.0 Å². The molecular formula is C26H26N2O3. The van der Waals surface area contributed by atoms with E-state index in [-0.39, 0.29) is 24.3 Å². The smallest absolute Gasteiger partial charge is 0.255 e. The number of methoxy groups -OCH3 is 1. The molecular weight excluding hydrogens is 388 g/mol. The average Bonchev–Trinajstić information content (AvgIpc) is 3.14. The molecule has 158 valence electrons. The quantitative estimate of drug-likeness (QED) is 0.593. The highest BCUT2D eigenvalue weighted by Crippen LogP contribution is 2.34. The molecule has 1 heterocycles. The fourth-order valence-corrected chi connectivity index (χ4v) is 4.09. The highest BCUT2D eigenvalue weighted by atomic mass is 16.5. The lowest BCUT2D eigenvalue weighted by Gasteiger charge is -2.28. The number of carbonyl (C=O) groups excluding carboxylic acids is 2. The fourth-order valence-electron chi connectivity index (χ4n) is 4.09. The molecule has 3 aromatic carbocycles. The monoisotopic (exact) mass is 414 g/mol. The van der Waals surface area contributed by atoms with Gasteiger partial charge in [-0.2, -0.15) is 0 Å². The zero-order valence-electron chi connectivity index (χ0n) is 17.8. The lowest BCUT2D eigenvalue weighted by Crippen LogP contribution is -2.32. The Morgan fingerprint density at radius 2 is 1.74 bits per heavy atom. The van der Waals surface area contributed by atoms with Crippen molar-refractivity contribution >= 4 is 17.5 Å². The van der Waals surface area contributed by atoms with Crippen LogP contribution in [0, 0.1) is 0 Å². The van der Waals surface area contributed by atoms with Gasteiger partial charge in [0.25, 0.3) is 5.91 Å². The summed E-state index contributed by atoms with van der Waals surface area (Å²) in [7, 11) is 1.62. The van der Waals surface area contributed by atoms with Crippen LogP contribution in [0.15, 0.2) is 72.8 Å². The number of fused-ring (bicyclic) bond motifs is 1. The number of aryl methyl sites for hydroxylation is 1. The van der Waals surface area contributed by atoms with Crippen molar-refractivity contribution < 1.29 is 14.3 Å². The molecule has 1 aliphatic rings. The number of hydrogen-bond donors (Lipinski definition) is 1. The molecule has 1 atom stereocenters. The Morgan fingerprint density at radius 1 is 1.03 bits per heavy atom. The zero-order chi connectivity index (χ0) is 21.8. The van der Waals surface area contributed by atoms with E-state index in [1.807, 2.05) is 72.8 Å². The molecule has 5 nitrogen and oxygen atoms in total. The molecule has 5 heteroatoms. The molecule has 4 rings (SSSR count). The summed E-state index contributed by atoms with van der Waals surface area (Å²) in [5, 5.41) is 3.04. The van der Waals surface area contributed by atoms with Crippen molar-refractivity contribution in [3.05, 3.63) is 95.1 Å². The fraction of sp³-hybridized carbons (Fsp3) is 0.231. The van der Waals surface area contributed by atoms with E-state index in [4.69, 9.17) is 4.74 Å². The van der Waals surface area contributed by atoms with Crippen LogP contribution in [0.2, 0.25) is 0 Å². The Balaban J connectivity index is 1.61. The summed E-state index contributed by atoms with van der Waals surface area (Å²) in [5.41, 5.74) is 4.50. The van der Waals surface area contributed by atoms with Crippen LogP contribution < -0.4 is 10.1 Å². The van der Waals surface area contributed by atoms with Gasteiger partial charge in [0.2, 0.25) is 5.91 Å². The van der Waals surface area contributed by atoms with Crippen LogP contribution in [-0.2, 0) is 17.8 Å². The maximum absolute atomic E-state index is 13.1. The number of rotatable bonds is 7. The van der Waals surface area contributed by atoms with E-state index in [9.17, 15) is 9.59 Å². The normalized spacial score (nSPS) is 13.6. The molecule has 0 saturated carbocycles. The van der Waals surface area contributed by atoms with E-state index < -0.39 is 0 Å². The summed E-state index contributed by atoms with van der Waals surface area (Å²) in [5.74, 6) is 0.573. The second-order valence-corrected chi connectivity index (χ2v) is 7.64. The number of ether oxygens (including phenoxy) is 1. The zero-order valence-corrected chi connectivity index (χ0v) is 17.8. The number of benzene rings is 3. The van der Waals surface area contributed by atoms with Crippen molar-refractivity contribution in [1.82, 2.24) is 4.90 Å². The predicted octanol–water partition coefficient (Wildman–Crippen LogP) is 4.98. The maximum Gasteiger partial charge on any atom is 0.255 e. The summed E-state index contributed by atoms with van der Waals surface area (Å²) in [4.78, 5) is 28.0. The maximum atomic E-state index is 13.1. The molecule has 0 unspecified atom stereocenters. The minimum Gasteiger partial charge on any atom is -0.497 e. The van der Waals surface area contributed by atoms with E-state index in [0.717, 1.165) is 34.5 Å². The highest BCUT2D eigenvalue weighted by Gasteiger charge is 2.34. The molecule has 0 aromatic heterocycles. The van der Waals surface area contributed by atoms with Crippen molar-refractivity contribution in [1.29, 1.82) is 0 Å². The summed E-state index contributed by atoms with van der Waals surface area (Å²) in [6.07, 6.45) is 1.00. The average molecular weight is 415 g/mol. The molecule has 0 saturated heterocycles. The van der Waals surface area contributed by atoms with Gasteiger partial charge in [-0.05, 0) is 47.4 Å². The van der Waals surface area contributed by atoms with Gasteiger partial charge in [-0.3, -0.25) is 9.59 Å². The van der Waals surface area contributed by atoms with Crippen LogP contribution in [0.1, 0.15) is 46.4 Å². The number of amides is 2. The molecule has 0 fully saturated rings. The first-order chi connectivity index (χ1) is 15.1. The van der Waals surface area contributed by atoms with Crippen molar-refractivity contribution in [3.63, 3.8) is 0 Å². The predicted molar refractivity (Wildman–Crippen MR) is 121 cm³/mol. The second kappa shape index (κ2) is 9.04. The van der Waals surface area contributed by atoms with Gasteiger partial charge in [0.1, 0.15) is 5.75 Å². The first kappa shape index (κ1) is 20.7. The second-order valence-electron chi connectivity index (χ2n) is 7.64. The Kier molecular flexibility index (Phi) is 6.03. The number of nitrogens with zero attached hydrogens (tertiary/aromatic N) is 1. The van der Waals surface area contributed by atoms with Gasteiger partial charge in [0.05, 0.1) is 19.6 Å². The molecule has 31 heavy (non-hydrogen) atoms. The first-order valence-corrected chi connectivity index (χ1v) is 10.5. The third-order valence-electron chi connectivity index (χ3n) is 5.78. The van der Waals surface area contributed by atoms with Crippen molar-refractivity contribution in [2.24, 2.45) is 0 Å². The van der Waals surface area contributed by atoms with E-state index in [1.165, 1.54) is 0 Å². The third-order valence-corrected chi connectivity index (χ3v) is 5.78. The first-order valence-electron chi connectivity index (χ1n) is 10.5. The van der Waals surface area contributed by atoms with Gasteiger partial charge in [-0.1, -0.05) is 55.5 Å². The van der Waals surface area contributed by atoms with Gasteiger partial charge in [-0.15, -0.1) is 0 Å². The summed E-state index contributed by atoms with van der Waals surface area (Å²) >= 11 is 0. The van der Waals surface area contributed by atoms with Crippen molar-refractivity contribution in [3.8, 4) is 5.75 Å². The molecule has 1 N–H and O–H groups in total. The standard InChI is InChI=1S/C26H26N2O3/c1-3-18-8-5-7-11-23(18)27-25(29)16-24(19-12-14-21(31-2)15-13-19)28-17-20-9-4-6-10-22(20)26(28)30/h4-15,24H,3,16-17H2,1-2H3,(H,27,29)/t24-/m1/s1. The van der Waals surface area contributed by atoms with Gasteiger partial charge in [-0.25, -0.2) is 0 Å². The molecule has 0 radical (unpaired) electrons. The lowest BCUT2D eigenvalue weighted by atomic mass is 10.0. The summed E-state index contributed by atoms with van der Waals surface area (Å²) in [6.45, 7) is 2.55. The van der Waals surface area contributed by atoms with Crippen LogP contribution >= 0.6 is 0 Å². The van der Waals surface area contributed by atoms with Crippen LogP contribution in [0.4, 0.5) is 5.69 Å².